The lowest BCUT2D eigenvalue weighted by molar-refractivity contribution is -0.385. The molecule has 0 saturated carbocycles. The van der Waals surface area contributed by atoms with Crippen LogP contribution in [-0.2, 0) is 11.4 Å². The maximum Gasteiger partial charge on any atom is 0.418 e. The lowest BCUT2D eigenvalue weighted by Crippen LogP contribution is -2.10. The number of benzene rings is 2. The van der Waals surface area contributed by atoms with E-state index in [0.717, 1.165) is 12.1 Å². The average molecular weight is 324 g/mol. The van der Waals surface area contributed by atoms with Crippen molar-refractivity contribution in [2.45, 2.75) is 0 Å². The van der Waals surface area contributed by atoms with E-state index in [1.54, 1.807) is 0 Å². The van der Waals surface area contributed by atoms with Gasteiger partial charge in [-0.2, -0.15) is 4.21 Å². The van der Waals surface area contributed by atoms with Gasteiger partial charge in [0.05, 0.1) is 9.85 Å². The standard InChI is InChI=1S/C12H8N2O7S/c15-13(16)9-5-1-3-7-11(9)20-22(19)21-12-8-4-2-6-10(12)14(17)18/h1-8H. The van der Waals surface area contributed by atoms with Gasteiger partial charge in [0.25, 0.3) is 0 Å². The second kappa shape index (κ2) is 6.63. The number of para-hydroxylation sites is 4. The van der Waals surface area contributed by atoms with Crippen LogP contribution in [0.3, 0.4) is 0 Å². The predicted octanol–water partition coefficient (Wildman–Crippen LogP) is 2.54. The normalized spacial score (nSPS) is 10.2. The van der Waals surface area contributed by atoms with Gasteiger partial charge >= 0.3 is 22.7 Å². The lowest BCUT2D eigenvalue weighted by Gasteiger charge is -2.06. The first kappa shape index (κ1) is 15.4. The summed E-state index contributed by atoms with van der Waals surface area (Å²) in [5.74, 6) is -0.547. The Labute approximate surface area is 126 Å². The van der Waals surface area contributed by atoms with E-state index >= 15 is 0 Å². The van der Waals surface area contributed by atoms with E-state index in [2.05, 4.69) is 0 Å². The molecule has 0 saturated heterocycles. The van der Waals surface area contributed by atoms with Crippen LogP contribution in [-0.4, -0.2) is 14.1 Å². The van der Waals surface area contributed by atoms with Crippen molar-refractivity contribution in [1.29, 1.82) is 0 Å². The van der Waals surface area contributed by atoms with E-state index < -0.39 is 32.6 Å². The number of nitro groups is 2. The maximum atomic E-state index is 11.8. The molecule has 0 atom stereocenters. The van der Waals surface area contributed by atoms with Gasteiger partial charge in [-0.05, 0) is 12.1 Å². The van der Waals surface area contributed by atoms with Crippen molar-refractivity contribution < 1.29 is 22.4 Å². The van der Waals surface area contributed by atoms with Crippen molar-refractivity contribution in [2.24, 2.45) is 0 Å². The van der Waals surface area contributed by atoms with E-state index in [1.807, 2.05) is 0 Å². The third-order valence-electron chi connectivity index (χ3n) is 2.44. The summed E-state index contributed by atoms with van der Waals surface area (Å²) < 4.78 is 21.4. The van der Waals surface area contributed by atoms with Crippen LogP contribution >= 0.6 is 0 Å². The third kappa shape index (κ3) is 3.55. The van der Waals surface area contributed by atoms with Crippen LogP contribution in [0.1, 0.15) is 0 Å². The number of hydrogen-bond donors (Lipinski definition) is 0. The highest BCUT2D eigenvalue weighted by atomic mass is 32.2. The summed E-state index contributed by atoms with van der Waals surface area (Å²) in [6.45, 7) is 0. The number of hydrogen-bond acceptors (Lipinski definition) is 7. The highest BCUT2D eigenvalue weighted by molar-refractivity contribution is 7.76. The first-order valence-corrected chi connectivity index (χ1v) is 6.74. The molecule has 0 fully saturated rings. The van der Waals surface area contributed by atoms with Crippen molar-refractivity contribution in [3.05, 3.63) is 68.8 Å². The molecule has 0 aliphatic heterocycles. The Morgan fingerprint density at radius 1 is 0.773 bits per heavy atom. The Morgan fingerprint density at radius 3 is 1.50 bits per heavy atom. The van der Waals surface area contributed by atoms with Gasteiger partial charge in [-0.15, -0.1) is 0 Å². The molecule has 2 rings (SSSR count). The molecule has 114 valence electrons. The summed E-state index contributed by atoms with van der Waals surface area (Å²) in [6, 6.07) is 10.5. The first-order valence-electron chi connectivity index (χ1n) is 5.74. The Kier molecular flexibility index (Phi) is 4.63. The second-order valence-corrected chi connectivity index (χ2v) is 4.56. The van der Waals surface area contributed by atoms with Crippen molar-refractivity contribution in [2.75, 3.05) is 0 Å². The smallest absolute Gasteiger partial charge is 0.364 e. The molecule has 0 heterocycles. The first-order chi connectivity index (χ1) is 10.5. The maximum absolute atomic E-state index is 11.8. The summed E-state index contributed by atoms with van der Waals surface area (Å²) in [6.07, 6.45) is 0. The molecular formula is C12H8N2O7S. The SMILES string of the molecule is O=[N+]([O-])c1ccccc1OS(=O)Oc1ccccc1[N+](=O)[O-]. The summed E-state index contributed by atoms with van der Waals surface area (Å²) in [5.41, 5.74) is -0.802. The molecular weight excluding hydrogens is 316 g/mol. The Morgan fingerprint density at radius 2 is 1.14 bits per heavy atom. The van der Waals surface area contributed by atoms with Crippen LogP contribution in [0, 0.1) is 20.2 Å². The molecule has 0 radical (unpaired) electrons. The fraction of sp³-hybridized carbons (Fsp3) is 0. The van der Waals surface area contributed by atoms with E-state index in [9.17, 15) is 24.4 Å². The van der Waals surface area contributed by atoms with Crippen molar-refractivity contribution >= 4 is 22.7 Å². The summed E-state index contributed by atoms with van der Waals surface area (Å²) in [5, 5.41) is 21.6. The summed E-state index contributed by atoms with van der Waals surface area (Å²) >= 11 is -2.48. The highest BCUT2D eigenvalue weighted by Gasteiger charge is 2.21. The van der Waals surface area contributed by atoms with Crippen molar-refractivity contribution in [1.82, 2.24) is 0 Å². The minimum absolute atomic E-state index is 0.274. The Hall–Kier alpha value is -3.01. The molecule has 0 bridgehead atoms. The third-order valence-corrected chi connectivity index (χ3v) is 3.07. The van der Waals surface area contributed by atoms with Crippen LogP contribution in [0.15, 0.2) is 48.5 Å². The predicted molar refractivity (Wildman–Crippen MR) is 75.6 cm³/mol. The van der Waals surface area contributed by atoms with Crippen molar-refractivity contribution in [3.8, 4) is 11.5 Å². The molecule has 10 heteroatoms. The van der Waals surface area contributed by atoms with E-state index in [1.165, 1.54) is 36.4 Å². The van der Waals surface area contributed by atoms with Crippen LogP contribution < -0.4 is 8.37 Å². The summed E-state index contributed by atoms with van der Waals surface area (Å²) in [4.78, 5) is 20.2. The Balaban J connectivity index is 2.18. The van der Waals surface area contributed by atoms with E-state index in [0.29, 0.717) is 0 Å². The van der Waals surface area contributed by atoms with Crippen LogP contribution in [0.25, 0.3) is 0 Å². The molecule has 2 aromatic carbocycles. The molecule has 0 spiro atoms. The minimum Gasteiger partial charge on any atom is -0.364 e. The van der Waals surface area contributed by atoms with Crippen LogP contribution in [0.2, 0.25) is 0 Å². The van der Waals surface area contributed by atoms with Gasteiger partial charge in [-0.1, -0.05) is 24.3 Å². The van der Waals surface area contributed by atoms with E-state index in [-0.39, 0.29) is 11.5 Å². The zero-order valence-corrected chi connectivity index (χ0v) is 11.6. The van der Waals surface area contributed by atoms with Gasteiger partial charge in [0.1, 0.15) is 0 Å². The average Bonchev–Trinajstić information content (AvgIpc) is 2.47. The molecule has 0 aliphatic carbocycles. The monoisotopic (exact) mass is 324 g/mol. The second-order valence-electron chi connectivity index (χ2n) is 3.82. The van der Waals surface area contributed by atoms with Gasteiger partial charge in [0.15, 0.2) is 0 Å². The van der Waals surface area contributed by atoms with Gasteiger partial charge in [0.2, 0.25) is 11.5 Å². The highest BCUT2D eigenvalue weighted by Crippen LogP contribution is 2.29. The molecule has 0 aliphatic rings. The van der Waals surface area contributed by atoms with Crippen LogP contribution in [0.5, 0.6) is 11.5 Å². The Bertz CT molecular complexity index is 688. The fourth-order valence-corrected chi connectivity index (χ4v) is 2.13. The lowest BCUT2D eigenvalue weighted by atomic mass is 10.3. The summed E-state index contributed by atoms with van der Waals surface area (Å²) in [7, 11) is 0. The van der Waals surface area contributed by atoms with Gasteiger partial charge in [-0.3, -0.25) is 20.2 Å². The molecule has 22 heavy (non-hydrogen) atoms. The molecule has 0 aromatic heterocycles. The van der Waals surface area contributed by atoms with Gasteiger partial charge in [0, 0.05) is 12.1 Å². The molecule has 9 nitrogen and oxygen atoms in total. The molecule has 2 aromatic rings. The number of nitro benzene ring substituents is 2. The molecule has 0 unspecified atom stereocenters. The zero-order valence-electron chi connectivity index (χ0n) is 10.8. The van der Waals surface area contributed by atoms with Gasteiger partial charge in [-0.25, -0.2) is 0 Å². The molecule has 0 amide bonds. The number of rotatable bonds is 6. The van der Waals surface area contributed by atoms with Crippen molar-refractivity contribution in [3.63, 3.8) is 0 Å². The number of nitrogens with zero attached hydrogens (tertiary/aromatic N) is 2. The minimum atomic E-state index is -2.48. The quantitative estimate of drug-likeness (QED) is 0.591. The molecule has 0 N–H and O–H groups in total. The van der Waals surface area contributed by atoms with Crippen LogP contribution in [0.4, 0.5) is 11.4 Å². The largest absolute Gasteiger partial charge is 0.418 e. The van der Waals surface area contributed by atoms with Gasteiger partial charge < -0.3 is 8.37 Å². The zero-order chi connectivity index (χ0) is 16.1. The van der Waals surface area contributed by atoms with E-state index in [4.69, 9.17) is 8.37 Å². The fourth-order valence-electron chi connectivity index (χ4n) is 1.52. The topological polar surface area (TPSA) is 122 Å².